The summed E-state index contributed by atoms with van der Waals surface area (Å²) in [6, 6.07) is 15.5. The third-order valence-electron chi connectivity index (χ3n) is 4.74. The molecule has 0 atom stereocenters. The maximum absolute atomic E-state index is 12.6. The number of amides is 2. The van der Waals surface area contributed by atoms with E-state index in [1.807, 2.05) is 61.7 Å². The Kier molecular flexibility index (Phi) is 6.29. The Bertz CT molecular complexity index is 1170. The molecule has 1 fully saturated rings. The van der Waals surface area contributed by atoms with E-state index in [9.17, 15) is 9.59 Å². The number of ether oxygens (including phenoxy) is 1. The standard InChI is InChI=1S/C23H20BrN3O3S/c1-3-26-22(28)20(31-23(26)29)13-16-14-27(17-8-6-5-7-9-17)25-21(16)15-10-11-19(30-4-2)18(24)12-15/h5-14H,3-4H2,1-2H3/b20-13+. The first-order valence-corrected chi connectivity index (χ1v) is 11.5. The molecule has 2 amide bonds. The number of likely N-dealkylation sites (N-methyl/N-ethyl adjacent to an activating group) is 1. The van der Waals surface area contributed by atoms with Gasteiger partial charge in [0, 0.05) is 23.9 Å². The van der Waals surface area contributed by atoms with Gasteiger partial charge in [0.25, 0.3) is 11.1 Å². The predicted octanol–water partition coefficient (Wildman–Crippen LogP) is 5.76. The summed E-state index contributed by atoms with van der Waals surface area (Å²) in [5.74, 6) is 0.475. The lowest BCUT2D eigenvalue weighted by Gasteiger charge is -2.08. The van der Waals surface area contributed by atoms with Crippen LogP contribution < -0.4 is 4.74 Å². The van der Waals surface area contributed by atoms with Gasteiger partial charge in [0.2, 0.25) is 0 Å². The van der Waals surface area contributed by atoms with Crippen molar-refractivity contribution < 1.29 is 14.3 Å². The van der Waals surface area contributed by atoms with Crippen molar-refractivity contribution in [2.24, 2.45) is 0 Å². The molecule has 2 aromatic carbocycles. The lowest BCUT2D eigenvalue weighted by atomic mass is 10.1. The molecule has 31 heavy (non-hydrogen) atoms. The molecule has 158 valence electrons. The van der Waals surface area contributed by atoms with Crippen molar-refractivity contribution in [3.8, 4) is 22.7 Å². The van der Waals surface area contributed by atoms with Crippen molar-refractivity contribution in [2.45, 2.75) is 13.8 Å². The van der Waals surface area contributed by atoms with Gasteiger partial charge in [-0.3, -0.25) is 14.5 Å². The fourth-order valence-corrected chi connectivity index (χ4v) is 4.65. The molecule has 1 aromatic heterocycles. The highest BCUT2D eigenvalue weighted by atomic mass is 79.9. The summed E-state index contributed by atoms with van der Waals surface area (Å²) >= 11 is 4.51. The number of hydrogen-bond donors (Lipinski definition) is 0. The largest absolute Gasteiger partial charge is 0.493 e. The maximum Gasteiger partial charge on any atom is 0.293 e. The van der Waals surface area contributed by atoms with Gasteiger partial charge in [0.05, 0.1) is 21.7 Å². The van der Waals surface area contributed by atoms with Crippen molar-refractivity contribution in [3.05, 3.63) is 69.7 Å². The van der Waals surface area contributed by atoms with E-state index >= 15 is 0 Å². The summed E-state index contributed by atoms with van der Waals surface area (Å²) < 4.78 is 8.21. The normalized spacial score (nSPS) is 15.2. The van der Waals surface area contributed by atoms with Crippen molar-refractivity contribution in [3.63, 3.8) is 0 Å². The van der Waals surface area contributed by atoms with Gasteiger partial charge in [-0.05, 0) is 77.9 Å². The van der Waals surface area contributed by atoms with Crippen LogP contribution in [0.3, 0.4) is 0 Å². The van der Waals surface area contributed by atoms with Gasteiger partial charge in [-0.25, -0.2) is 4.68 Å². The minimum absolute atomic E-state index is 0.250. The van der Waals surface area contributed by atoms with Crippen LogP contribution in [0.5, 0.6) is 5.75 Å². The number of carbonyl (C=O) groups excluding carboxylic acids is 2. The molecule has 3 aromatic rings. The van der Waals surface area contributed by atoms with Gasteiger partial charge in [0.1, 0.15) is 11.4 Å². The highest BCUT2D eigenvalue weighted by Gasteiger charge is 2.34. The highest BCUT2D eigenvalue weighted by Crippen LogP contribution is 2.36. The number of rotatable bonds is 6. The van der Waals surface area contributed by atoms with Crippen LogP contribution in [0.4, 0.5) is 4.79 Å². The van der Waals surface area contributed by atoms with Crippen LogP contribution in [0.2, 0.25) is 0 Å². The van der Waals surface area contributed by atoms with E-state index < -0.39 is 0 Å². The highest BCUT2D eigenvalue weighted by molar-refractivity contribution is 9.10. The number of hydrogen-bond acceptors (Lipinski definition) is 5. The van der Waals surface area contributed by atoms with Crippen LogP contribution >= 0.6 is 27.7 Å². The average Bonchev–Trinajstić information content (AvgIpc) is 3.31. The van der Waals surface area contributed by atoms with E-state index in [1.165, 1.54) is 4.90 Å². The van der Waals surface area contributed by atoms with Crippen LogP contribution in [0.25, 0.3) is 23.0 Å². The zero-order valence-corrected chi connectivity index (χ0v) is 19.4. The van der Waals surface area contributed by atoms with Gasteiger partial charge >= 0.3 is 0 Å². The first-order chi connectivity index (χ1) is 15.0. The number of imide groups is 1. The zero-order valence-electron chi connectivity index (χ0n) is 17.0. The van der Waals surface area contributed by atoms with Crippen LogP contribution in [0.15, 0.2) is 64.1 Å². The summed E-state index contributed by atoms with van der Waals surface area (Å²) in [5, 5.41) is 4.53. The van der Waals surface area contributed by atoms with E-state index in [0.29, 0.717) is 23.8 Å². The van der Waals surface area contributed by atoms with Crippen LogP contribution in [0.1, 0.15) is 19.4 Å². The van der Waals surface area contributed by atoms with Gasteiger partial charge in [-0.2, -0.15) is 5.10 Å². The Hall–Kier alpha value is -2.84. The van der Waals surface area contributed by atoms with Crippen LogP contribution in [-0.2, 0) is 4.79 Å². The van der Waals surface area contributed by atoms with Crippen molar-refractivity contribution in [1.29, 1.82) is 0 Å². The summed E-state index contributed by atoms with van der Waals surface area (Å²) in [7, 11) is 0. The second-order valence-corrected chi connectivity index (χ2v) is 8.56. The average molecular weight is 498 g/mol. The molecule has 0 saturated carbocycles. The lowest BCUT2D eigenvalue weighted by Crippen LogP contribution is -2.27. The molecule has 0 spiro atoms. The maximum atomic E-state index is 12.6. The third kappa shape index (κ3) is 4.31. The first-order valence-electron chi connectivity index (χ1n) is 9.85. The summed E-state index contributed by atoms with van der Waals surface area (Å²) in [6.07, 6.45) is 3.61. The second kappa shape index (κ2) is 9.11. The van der Waals surface area contributed by atoms with E-state index in [1.54, 1.807) is 17.7 Å². The Labute approximate surface area is 193 Å². The lowest BCUT2D eigenvalue weighted by molar-refractivity contribution is -0.122. The molecule has 0 radical (unpaired) electrons. The number of halogens is 1. The van der Waals surface area contributed by atoms with Gasteiger partial charge in [-0.1, -0.05) is 18.2 Å². The second-order valence-electron chi connectivity index (χ2n) is 6.72. The van der Waals surface area contributed by atoms with Gasteiger partial charge in [-0.15, -0.1) is 0 Å². The van der Waals surface area contributed by atoms with E-state index in [0.717, 1.165) is 38.8 Å². The Morgan fingerprint density at radius 3 is 2.55 bits per heavy atom. The molecule has 0 bridgehead atoms. The van der Waals surface area contributed by atoms with Crippen molar-refractivity contribution in [2.75, 3.05) is 13.2 Å². The zero-order chi connectivity index (χ0) is 22.0. The number of thioether (sulfide) groups is 1. The predicted molar refractivity (Wildman–Crippen MR) is 126 cm³/mol. The minimum atomic E-state index is -0.274. The molecular formula is C23H20BrN3O3S. The molecule has 1 aliphatic rings. The molecule has 6 nitrogen and oxygen atoms in total. The van der Waals surface area contributed by atoms with Crippen molar-refractivity contribution in [1.82, 2.24) is 14.7 Å². The van der Waals surface area contributed by atoms with E-state index in [-0.39, 0.29) is 11.1 Å². The number of para-hydroxylation sites is 1. The smallest absolute Gasteiger partial charge is 0.293 e. The monoisotopic (exact) mass is 497 g/mol. The number of aromatic nitrogens is 2. The minimum Gasteiger partial charge on any atom is -0.493 e. The van der Waals surface area contributed by atoms with Gasteiger partial charge < -0.3 is 4.74 Å². The quantitative estimate of drug-likeness (QED) is 0.405. The van der Waals surface area contributed by atoms with Crippen molar-refractivity contribution >= 4 is 44.9 Å². The molecule has 0 N–H and O–H groups in total. The summed E-state index contributed by atoms with van der Waals surface area (Å²) in [5.41, 5.74) is 3.22. The summed E-state index contributed by atoms with van der Waals surface area (Å²) in [6.45, 7) is 4.64. The summed E-state index contributed by atoms with van der Waals surface area (Å²) in [4.78, 5) is 26.4. The molecule has 0 unspecified atom stereocenters. The van der Waals surface area contributed by atoms with Crippen LogP contribution in [-0.4, -0.2) is 39.0 Å². The molecule has 8 heteroatoms. The molecule has 4 rings (SSSR count). The molecule has 1 saturated heterocycles. The molecule has 0 aliphatic carbocycles. The van der Waals surface area contributed by atoms with E-state index in [2.05, 4.69) is 15.9 Å². The molecule has 1 aliphatic heterocycles. The topological polar surface area (TPSA) is 64.4 Å². The fourth-order valence-electron chi connectivity index (χ4n) is 3.26. The van der Waals surface area contributed by atoms with Gasteiger partial charge in [0.15, 0.2) is 0 Å². The SMILES string of the molecule is CCOc1ccc(-c2nn(-c3ccccc3)cc2/C=C2/SC(=O)N(CC)C2=O)cc1Br. The van der Waals surface area contributed by atoms with Crippen LogP contribution in [0, 0.1) is 0 Å². The molecular weight excluding hydrogens is 478 g/mol. The fraction of sp³-hybridized carbons (Fsp3) is 0.174. The first kappa shape index (κ1) is 21.4. The third-order valence-corrected chi connectivity index (χ3v) is 6.27. The number of benzene rings is 2. The Balaban J connectivity index is 1.82. The number of nitrogens with zero attached hydrogens (tertiary/aromatic N) is 3. The Morgan fingerprint density at radius 2 is 1.90 bits per heavy atom. The molecule has 2 heterocycles. The van der Waals surface area contributed by atoms with E-state index in [4.69, 9.17) is 9.84 Å². The Morgan fingerprint density at radius 1 is 1.13 bits per heavy atom. The number of carbonyl (C=O) groups is 2.